The van der Waals surface area contributed by atoms with Crippen LogP contribution >= 0.6 is 0 Å². The molecule has 0 aliphatic carbocycles. The lowest BCUT2D eigenvalue weighted by molar-refractivity contribution is -0.118. The average Bonchev–Trinajstić information content (AvgIpc) is 3.35. The maximum absolute atomic E-state index is 13.5. The average molecular weight is 509 g/mol. The van der Waals surface area contributed by atoms with Crippen LogP contribution in [0.25, 0.3) is 0 Å². The van der Waals surface area contributed by atoms with Crippen molar-refractivity contribution in [2.75, 3.05) is 31.1 Å². The third kappa shape index (κ3) is 8.01. The minimum absolute atomic E-state index is 0.244. The zero-order chi connectivity index (χ0) is 26.2. The number of ether oxygens (including phenoxy) is 1. The first kappa shape index (κ1) is 26.6. The van der Waals surface area contributed by atoms with Crippen LogP contribution in [0.15, 0.2) is 48.5 Å². The van der Waals surface area contributed by atoms with Gasteiger partial charge >= 0.3 is 0 Å². The summed E-state index contributed by atoms with van der Waals surface area (Å²) in [6, 6.07) is 14.9. The highest BCUT2D eigenvalue weighted by molar-refractivity contribution is 5.73. The predicted octanol–water partition coefficient (Wildman–Crippen LogP) is 3.92. The van der Waals surface area contributed by atoms with Crippen LogP contribution in [-0.2, 0) is 17.8 Å². The number of primary amides is 1. The summed E-state index contributed by atoms with van der Waals surface area (Å²) in [6.07, 6.45) is 2.86. The van der Waals surface area contributed by atoms with Gasteiger partial charge in [0, 0.05) is 45.1 Å². The molecule has 37 heavy (non-hydrogen) atoms. The number of likely N-dealkylation sites (tertiary alicyclic amines) is 1. The molecule has 0 saturated carbocycles. The van der Waals surface area contributed by atoms with Gasteiger partial charge in [-0.15, -0.1) is 10.2 Å². The molecular formula is C28H37FN6O2. The Hall–Kier alpha value is -3.46. The Morgan fingerprint density at radius 3 is 2.43 bits per heavy atom. The molecule has 1 aliphatic rings. The summed E-state index contributed by atoms with van der Waals surface area (Å²) in [6.45, 7) is 7.99. The van der Waals surface area contributed by atoms with Crippen molar-refractivity contribution in [3.8, 4) is 5.75 Å². The van der Waals surface area contributed by atoms with E-state index in [-0.39, 0.29) is 17.8 Å². The van der Waals surface area contributed by atoms with Gasteiger partial charge in [0.1, 0.15) is 17.4 Å². The van der Waals surface area contributed by atoms with Crippen LogP contribution in [0.2, 0.25) is 0 Å². The van der Waals surface area contributed by atoms with Gasteiger partial charge in [0.15, 0.2) is 0 Å². The summed E-state index contributed by atoms with van der Waals surface area (Å²) >= 11 is 0. The number of hydrogen-bond donors (Lipinski definition) is 2. The predicted molar refractivity (Wildman–Crippen MR) is 142 cm³/mol. The van der Waals surface area contributed by atoms with E-state index in [9.17, 15) is 9.18 Å². The number of aromatic amines is 1. The monoisotopic (exact) mass is 508 g/mol. The van der Waals surface area contributed by atoms with Gasteiger partial charge in [-0.3, -0.25) is 4.79 Å². The molecule has 3 N–H and O–H groups in total. The summed E-state index contributed by atoms with van der Waals surface area (Å²) in [5.74, 6) is 2.32. The van der Waals surface area contributed by atoms with Gasteiger partial charge in [-0.1, -0.05) is 38.1 Å². The van der Waals surface area contributed by atoms with Gasteiger partial charge in [-0.05, 0) is 54.2 Å². The minimum atomic E-state index is -0.271. The van der Waals surface area contributed by atoms with Crippen molar-refractivity contribution in [1.82, 2.24) is 20.1 Å². The first-order valence-electron chi connectivity index (χ1n) is 13.0. The Morgan fingerprint density at radius 2 is 1.78 bits per heavy atom. The van der Waals surface area contributed by atoms with E-state index in [1.165, 1.54) is 12.1 Å². The fraction of sp³-hybridized carbons (Fsp3) is 0.464. The van der Waals surface area contributed by atoms with Crippen molar-refractivity contribution >= 4 is 11.9 Å². The Kier molecular flexibility index (Phi) is 9.11. The van der Waals surface area contributed by atoms with Gasteiger partial charge in [-0.25, -0.2) is 4.39 Å². The number of H-pyrrole nitrogens is 1. The second-order valence-electron chi connectivity index (χ2n) is 10.2. The number of carbonyl (C=O) groups is 1. The van der Waals surface area contributed by atoms with Crippen molar-refractivity contribution in [2.45, 2.75) is 52.1 Å². The summed E-state index contributed by atoms with van der Waals surface area (Å²) in [7, 11) is 0. The van der Waals surface area contributed by atoms with Crippen LogP contribution in [0.5, 0.6) is 5.75 Å². The van der Waals surface area contributed by atoms with Crippen molar-refractivity contribution in [2.24, 2.45) is 11.7 Å². The van der Waals surface area contributed by atoms with E-state index < -0.39 is 0 Å². The minimum Gasteiger partial charge on any atom is -0.493 e. The third-order valence-corrected chi connectivity index (χ3v) is 6.61. The second-order valence-corrected chi connectivity index (χ2v) is 10.2. The molecule has 0 spiro atoms. The van der Waals surface area contributed by atoms with Gasteiger partial charge in [0.2, 0.25) is 11.9 Å². The fourth-order valence-corrected chi connectivity index (χ4v) is 4.54. The number of amides is 1. The maximum Gasteiger partial charge on any atom is 0.225 e. The maximum atomic E-state index is 13.5. The number of benzene rings is 2. The topological polar surface area (TPSA) is 100 Å². The molecule has 1 aliphatic heterocycles. The molecule has 0 unspecified atom stereocenters. The number of carbonyl (C=O) groups excluding carboxylic acids is 1. The number of hydrogen-bond acceptors (Lipinski definition) is 6. The number of piperidine rings is 1. The molecule has 198 valence electrons. The van der Waals surface area contributed by atoms with E-state index in [0.29, 0.717) is 44.4 Å². The van der Waals surface area contributed by atoms with E-state index in [4.69, 9.17) is 10.5 Å². The Morgan fingerprint density at radius 1 is 1.11 bits per heavy atom. The molecular weight excluding hydrogens is 471 g/mol. The van der Waals surface area contributed by atoms with E-state index in [1.807, 2.05) is 24.3 Å². The van der Waals surface area contributed by atoms with Gasteiger partial charge in [0.05, 0.1) is 6.61 Å². The molecule has 2 aromatic carbocycles. The van der Waals surface area contributed by atoms with E-state index in [2.05, 4.69) is 51.0 Å². The highest BCUT2D eigenvalue weighted by Gasteiger charge is 2.27. The van der Waals surface area contributed by atoms with Gasteiger partial charge in [0.25, 0.3) is 0 Å². The molecule has 1 aromatic heterocycles. The lowest BCUT2D eigenvalue weighted by Crippen LogP contribution is -2.45. The number of nitrogens with two attached hydrogens (primary N) is 1. The van der Waals surface area contributed by atoms with Crippen molar-refractivity contribution < 1.29 is 13.9 Å². The lowest BCUT2D eigenvalue weighted by Gasteiger charge is -2.38. The zero-order valence-electron chi connectivity index (χ0n) is 21.7. The van der Waals surface area contributed by atoms with Crippen molar-refractivity contribution in [3.05, 3.63) is 71.3 Å². The largest absolute Gasteiger partial charge is 0.493 e. The summed E-state index contributed by atoms with van der Waals surface area (Å²) in [4.78, 5) is 19.1. The first-order chi connectivity index (χ1) is 17.9. The first-order valence-corrected chi connectivity index (χ1v) is 13.0. The summed E-state index contributed by atoms with van der Waals surface area (Å²) in [5, 5.41) is 8.92. The van der Waals surface area contributed by atoms with Crippen LogP contribution in [0.1, 0.15) is 50.1 Å². The molecule has 0 atom stereocenters. The molecule has 1 fully saturated rings. The molecule has 0 radical (unpaired) electrons. The number of nitrogens with one attached hydrogen (secondary N) is 1. The van der Waals surface area contributed by atoms with Crippen LogP contribution in [-0.4, -0.2) is 58.3 Å². The second kappa shape index (κ2) is 12.7. The van der Waals surface area contributed by atoms with Crippen LogP contribution in [0.4, 0.5) is 10.3 Å². The Bertz CT molecular complexity index is 1120. The Labute approximate surface area is 218 Å². The number of nitrogens with zero attached hydrogens (tertiary/aromatic N) is 4. The number of aromatic nitrogens is 3. The molecule has 2 heterocycles. The quantitative estimate of drug-likeness (QED) is 0.385. The SMILES string of the molecule is CC(C)COc1ccc(Cc2nnc(N(Cc3ccc(F)cc3)C3CCN(CCC(N)=O)CC3)[nH]2)cc1. The summed E-state index contributed by atoms with van der Waals surface area (Å²) in [5.41, 5.74) is 7.45. The van der Waals surface area contributed by atoms with Gasteiger partial charge < -0.3 is 25.3 Å². The lowest BCUT2D eigenvalue weighted by atomic mass is 10.0. The van der Waals surface area contributed by atoms with Gasteiger partial charge in [-0.2, -0.15) is 0 Å². The number of anilines is 1. The van der Waals surface area contributed by atoms with Crippen molar-refractivity contribution in [3.63, 3.8) is 0 Å². The number of halogens is 1. The molecule has 0 bridgehead atoms. The Balaban J connectivity index is 1.44. The fourth-order valence-electron chi connectivity index (χ4n) is 4.54. The smallest absolute Gasteiger partial charge is 0.225 e. The van der Waals surface area contributed by atoms with E-state index in [1.54, 1.807) is 0 Å². The highest BCUT2D eigenvalue weighted by Crippen LogP contribution is 2.24. The zero-order valence-corrected chi connectivity index (χ0v) is 21.7. The molecule has 4 rings (SSSR count). The number of rotatable bonds is 12. The van der Waals surface area contributed by atoms with Crippen LogP contribution < -0.4 is 15.4 Å². The third-order valence-electron chi connectivity index (χ3n) is 6.61. The van der Waals surface area contributed by atoms with E-state index in [0.717, 1.165) is 48.6 Å². The normalized spacial score (nSPS) is 14.7. The highest BCUT2D eigenvalue weighted by atomic mass is 19.1. The molecule has 8 nitrogen and oxygen atoms in total. The van der Waals surface area contributed by atoms with E-state index >= 15 is 0 Å². The summed E-state index contributed by atoms with van der Waals surface area (Å²) < 4.78 is 19.3. The molecule has 3 aromatic rings. The van der Waals surface area contributed by atoms with Crippen LogP contribution in [0, 0.1) is 11.7 Å². The molecule has 9 heteroatoms. The molecule has 1 saturated heterocycles. The van der Waals surface area contributed by atoms with Crippen molar-refractivity contribution in [1.29, 1.82) is 0 Å². The standard InChI is InChI=1S/C28H37FN6O2/c1-20(2)19-37-25-9-5-21(6-10-25)17-27-31-28(33-32-27)35(18-22-3-7-23(29)8-4-22)24-11-14-34(15-12-24)16-13-26(30)36/h3-10,20,24H,11-19H2,1-2H3,(H2,30,36)(H,31,32,33). The van der Waals surface area contributed by atoms with Crippen LogP contribution in [0.3, 0.4) is 0 Å². The molecule has 1 amide bonds.